The first-order chi connectivity index (χ1) is 21.1. The number of benzene rings is 3. The van der Waals surface area contributed by atoms with E-state index in [4.69, 9.17) is 16.3 Å². The lowest BCUT2D eigenvalue weighted by molar-refractivity contribution is -0.133. The summed E-state index contributed by atoms with van der Waals surface area (Å²) in [6, 6.07) is 19.5. The number of hydrogen-bond donors (Lipinski definition) is 0. The van der Waals surface area contributed by atoms with Gasteiger partial charge in [0.15, 0.2) is 28.9 Å². The molecule has 6 rings (SSSR count). The normalized spacial score (nSPS) is 13.8. The van der Waals surface area contributed by atoms with Gasteiger partial charge in [0, 0.05) is 47.8 Å². The Bertz CT molecular complexity index is 1880. The van der Waals surface area contributed by atoms with Crippen molar-refractivity contribution in [2.45, 2.75) is 32.2 Å². The van der Waals surface area contributed by atoms with Gasteiger partial charge >= 0.3 is 0 Å². The Hall–Kier alpha value is -4.40. The van der Waals surface area contributed by atoms with Crippen LogP contribution < -0.4 is 4.74 Å². The predicted octanol–water partition coefficient (Wildman–Crippen LogP) is 7.49. The molecule has 1 fully saturated rings. The lowest BCUT2D eigenvalue weighted by atomic mass is 9.88. The Balaban J connectivity index is 1.21. The van der Waals surface area contributed by atoms with Crippen LogP contribution in [0, 0.1) is 17.0 Å². The number of rotatable bonds is 11. The SMILES string of the molecule is CN(C)Cc1ccc(Cl)c(-c2ccn3nccc(Oc4ccc(CC(=O)C5(C(=O)Cc6ccc(F)cc6)CC5)cc4F)c23)c1. The van der Waals surface area contributed by atoms with Crippen LogP contribution in [0.3, 0.4) is 0 Å². The molecule has 0 bridgehead atoms. The van der Waals surface area contributed by atoms with Crippen molar-refractivity contribution < 1.29 is 23.1 Å². The number of carbonyl (C=O) groups is 2. The maximum atomic E-state index is 15.4. The second-order valence-corrected chi connectivity index (χ2v) is 12.0. The Morgan fingerprint density at radius 3 is 2.23 bits per heavy atom. The highest BCUT2D eigenvalue weighted by molar-refractivity contribution is 6.33. The molecule has 1 saturated carbocycles. The van der Waals surface area contributed by atoms with E-state index in [1.54, 1.807) is 41.2 Å². The van der Waals surface area contributed by atoms with E-state index in [1.165, 1.54) is 24.3 Å². The summed E-state index contributed by atoms with van der Waals surface area (Å²) in [7, 11) is 3.99. The molecule has 0 atom stereocenters. The third kappa shape index (κ3) is 6.00. The molecule has 224 valence electrons. The summed E-state index contributed by atoms with van der Waals surface area (Å²) in [6.07, 6.45) is 4.28. The third-order valence-corrected chi connectivity index (χ3v) is 8.34. The van der Waals surface area contributed by atoms with Crippen molar-refractivity contribution >= 4 is 28.7 Å². The van der Waals surface area contributed by atoms with E-state index in [2.05, 4.69) is 10.00 Å². The highest BCUT2D eigenvalue weighted by atomic mass is 35.5. The van der Waals surface area contributed by atoms with Gasteiger partial charge in [0.25, 0.3) is 0 Å². The molecule has 1 aliphatic carbocycles. The van der Waals surface area contributed by atoms with Crippen molar-refractivity contribution in [3.63, 3.8) is 0 Å². The highest BCUT2D eigenvalue weighted by Gasteiger charge is 2.54. The molecule has 0 N–H and O–H groups in total. The molecule has 44 heavy (non-hydrogen) atoms. The topological polar surface area (TPSA) is 63.9 Å². The molecule has 6 nitrogen and oxygen atoms in total. The van der Waals surface area contributed by atoms with Crippen molar-refractivity contribution in [2.24, 2.45) is 5.41 Å². The Kier molecular flexibility index (Phi) is 8.05. The molecule has 2 heterocycles. The zero-order valence-electron chi connectivity index (χ0n) is 24.3. The highest BCUT2D eigenvalue weighted by Crippen LogP contribution is 2.49. The van der Waals surface area contributed by atoms with Crippen LogP contribution in [0.15, 0.2) is 85.2 Å². The van der Waals surface area contributed by atoms with Gasteiger partial charge in [-0.05, 0) is 86.1 Å². The van der Waals surface area contributed by atoms with Gasteiger partial charge in [-0.3, -0.25) is 9.59 Å². The fourth-order valence-corrected chi connectivity index (χ4v) is 5.78. The number of nitrogens with zero attached hydrogens (tertiary/aromatic N) is 3. The minimum absolute atomic E-state index is 0.0116. The van der Waals surface area contributed by atoms with Gasteiger partial charge < -0.3 is 9.64 Å². The second kappa shape index (κ2) is 11.9. The minimum Gasteiger partial charge on any atom is -0.452 e. The van der Waals surface area contributed by atoms with Crippen molar-refractivity contribution in [3.8, 4) is 22.6 Å². The van der Waals surface area contributed by atoms with E-state index in [-0.39, 0.29) is 36.0 Å². The molecule has 0 saturated heterocycles. The molecule has 0 radical (unpaired) electrons. The number of aromatic nitrogens is 2. The third-order valence-electron chi connectivity index (χ3n) is 8.01. The Morgan fingerprint density at radius 1 is 0.864 bits per heavy atom. The first-order valence-corrected chi connectivity index (χ1v) is 14.7. The first-order valence-electron chi connectivity index (χ1n) is 14.3. The number of ketones is 2. The Labute approximate surface area is 258 Å². The van der Waals surface area contributed by atoms with Crippen LogP contribution in [0.25, 0.3) is 16.6 Å². The number of fused-ring (bicyclic) bond motifs is 1. The maximum Gasteiger partial charge on any atom is 0.166 e. The van der Waals surface area contributed by atoms with Crippen LogP contribution in [0.4, 0.5) is 8.78 Å². The van der Waals surface area contributed by atoms with Crippen LogP contribution in [0.5, 0.6) is 11.5 Å². The number of carbonyl (C=O) groups excluding carboxylic acids is 2. The predicted molar refractivity (Wildman–Crippen MR) is 165 cm³/mol. The van der Waals surface area contributed by atoms with Gasteiger partial charge in [0.05, 0.1) is 11.6 Å². The molecule has 5 aromatic rings. The van der Waals surface area contributed by atoms with E-state index >= 15 is 4.39 Å². The lowest BCUT2D eigenvalue weighted by Gasteiger charge is -2.15. The monoisotopic (exact) mass is 613 g/mol. The van der Waals surface area contributed by atoms with Gasteiger partial charge in [0.1, 0.15) is 11.3 Å². The molecule has 0 aliphatic heterocycles. The molecule has 1 aliphatic rings. The zero-order valence-corrected chi connectivity index (χ0v) is 25.1. The van der Waals surface area contributed by atoms with Crippen molar-refractivity contribution in [1.82, 2.24) is 14.5 Å². The van der Waals surface area contributed by atoms with Gasteiger partial charge in [-0.2, -0.15) is 5.10 Å². The van der Waals surface area contributed by atoms with Crippen LogP contribution in [0.1, 0.15) is 29.5 Å². The average molecular weight is 614 g/mol. The zero-order chi connectivity index (χ0) is 31.0. The number of hydrogen-bond acceptors (Lipinski definition) is 5. The second-order valence-electron chi connectivity index (χ2n) is 11.5. The molecular formula is C35H30ClF2N3O3. The maximum absolute atomic E-state index is 15.4. The van der Waals surface area contributed by atoms with Crippen LogP contribution in [0.2, 0.25) is 5.02 Å². The number of Topliss-reactive ketones (excluding diaryl/α,β-unsaturated/α-hetero) is 2. The van der Waals surface area contributed by atoms with E-state index in [0.717, 1.165) is 23.2 Å². The molecule has 3 aromatic carbocycles. The van der Waals surface area contributed by atoms with Gasteiger partial charge in [0.2, 0.25) is 0 Å². The number of halogens is 3. The van der Waals surface area contributed by atoms with Crippen molar-refractivity contribution in [2.75, 3.05) is 14.1 Å². The van der Waals surface area contributed by atoms with Crippen LogP contribution in [-0.2, 0) is 29.0 Å². The quantitative estimate of drug-likeness (QED) is 0.144. The summed E-state index contributed by atoms with van der Waals surface area (Å²) in [5, 5.41) is 4.95. The fourth-order valence-electron chi connectivity index (χ4n) is 5.56. The summed E-state index contributed by atoms with van der Waals surface area (Å²) in [6.45, 7) is 0.737. The lowest BCUT2D eigenvalue weighted by Crippen LogP contribution is -2.28. The summed E-state index contributed by atoms with van der Waals surface area (Å²) in [5.74, 6) is -1.06. The van der Waals surface area contributed by atoms with Gasteiger partial charge in [-0.15, -0.1) is 0 Å². The molecule has 0 unspecified atom stereocenters. The van der Waals surface area contributed by atoms with Crippen LogP contribution in [-0.4, -0.2) is 40.2 Å². The van der Waals surface area contributed by atoms with Crippen molar-refractivity contribution in [1.29, 1.82) is 0 Å². The number of ether oxygens (including phenoxy) is 1. The van der Waals surface area contributed by atoms with Gasteiger partial charge in [-0.25, -0.2) is 13.3 Å². The molecular weight excluding hydrogens is 584 g/mol. The summed E-state index contributed by atoms with van der Waals surface area (Å²) in [5.41, 5.74) is 3.37. The smallest absolute Gasteiger partial charge is 0.166 e. The standard InChI is InChI=1S/C35H30ClF2N3O3/c1-40(2)21-24-5-9-28(36)27(17-24)26-12-16-41-34(26)31(11-15-39-41)44-30-10-6-23(18-29(30)38)20-33(43)35(13-14-35)32(42)19-22-3-7-25(37)8-4-22/h3-12,15-18H,13-14,19-21H2,1-2H3. The average Bonchev–Trinajstić information content (AvgIpc) is 3.70. The largest absolute Gasteiger partial charge is 0.452 e. The van der Waals surface area contributed by atoms with E-state index in [9.17, 15) is 14.0 Å². The van der Waals surface area contributed by atoms with E-state index < -0.39 is 11.2 Å². The summed E-state index contributed by atoms with van der Waals surface area (Å²) < 4.78 is 36.4. The molecule has 0 spiro atoms. The fraction of sp³-hybridized carbons (Fsp3) is 0.229. The van der Waals surface area contributed by atoms with Crippen molar-refractivity contribution in [3.05, 3.63) is 119 Å². The van der Waals surface area contributed by atoms with Gasteiger partial charge in [-0.1, -0.05) is 35.9 Å². The summed E-state index contributed by atoms with van der Waals surface area (Å²) in [4.78, 5) is 28.3. The van der Waals surface area contributed by atoms with E-state index in [1.807, 2.05) is 38.4 Å². The molecule has 9 heteroatoms. The van der Waals surface area contributed by atoms with E-state index in [0.29, 0.717) is 40.3 Å². The summed E-state index contributed by atoms with van der Waals surface area (Å²) >= 11 is 6.62. The first kappa shape index (κ1) is 29.7. The Morgan fingerprint density at radius 2 is 1.55 bits per heavy atom. The molecule has 0 amide bonds. The van der Waals surface area contributed by atoms with Crippen LogP contribution >= 0.6 is 11.6 Å². The molecule has 2 aromatic heterocycles. The minimum atomic E-state index is -1.06.